The standard InChI is InChI=1S/C24H26N2O6/c1-31-23(29)19(25-21(27)17-11-5-3-6-12-17)15-9-10-16-20(24(30)32-2)26-22(28)18-13-7-4-8-14-18/h3-14,19-20H,15-16H2,1-2H3,(H,25,27)(H,26,28)/t19-,20-/m0/s1. The first kappa shape index (κ1) is 24.3. The minimum absolute atomic E-state index is 0.145. The molecule has 0 heterocycles. The number of amides is 2. The van der Waals surface area contributed by atoms with Crippen LogP contribution in [0.3, 0.4) is 0 Å². The SMILES string of the molecule is COC(=O)[C@H](CC=CC[C@H](NC(=O)c1ccccc1)C(=O)OC)NC(=O)c1ccccc1. The molecule has 0 aliphatic carbocycles. The van der Waals surface area contributed by atoms with E-state index >= 15 is 0 Å². The largest absolute Gasteiger partial charge is 0.467 e. The lowest BCUT2D eigenvalue weighted by Crippen LogP contribution is -2.41. The molecule has 2 aromatic rings. The molecule has 0 spiro atoms. The van der Waals surface area contributed by atoms with Crippen LogP contribution < -0.4 is 10.6 Å². The molecule has 0 radical (unpaired) electrons. The second-order valence-corrected chi connectivity index (χ2v) is 6.77. The van der Waals surface area contributed by atoms with Crippen molar-refractivity contribution in [1.82, 2.24) is 10.6 Å². The third-order valence-electron chi connectivity index (χ3n) is 4.56. The number of nitrogens with one attached hydrogen (secondary N) is 2. The maximum absolute atomic E-state index is 12.3. The molecule has 0 saturated carbocycles. The average molecular weight is 438 g/mol. The summed E-state index contributed by atoms with van der Waals surface area (Å²) in [5.41, 5.74) is 0.833. The Labute approximate surface area is 186 Å². The molecule has 2 N–H and O–H groups in total. The molecule has 32 heavy (non-hydrogen) atoms. The summed E-state index contributed by atoms with van der Waals surface area (Å²) in [7, 11) is 2.47. The van der Waals surface area contributed by atoms with Crippen LogP contribution in [0.15, 0.2) is 72.8 Å². The number of methoxy groups -OCH3 is 2. The van der Waals surface area contributed by atoms with E-state index in [2.05, 4.69) is 10.6 Å². The molecule has 0 unspecified atom stereocenters. The Morgan fingerprint density at radius 2 is 1.03 bits per heavy atom. The highest BCUT2D eigenvalue weighted by atomic mass is 16.5. The van der Waals surface area contributed by atoms with Gasteiger partial charge in [-0.15, -0.1) is 0 Å². The lowest BCUT2D eigenvalue weighted by molar-refractivity contribution is -0.143. The molecule has 2 aromatic carbocycles. The highest BCUT2D eigenvalue weighted by molar-refractivity contribution is 5.97. The van der Waals surface area contributed by atoms with Crippen LogP contribution in [0.5, 0.6) is 0 Å². The minimum atomic E-state index is -0.903. The van der Waals surface area contributed by atoms with Gasteiger partial charge in [-0.25, -0.2) is 9.59 Å². The Morgan fingerprint density at radius 1 is 0.688 bits per heavy atom. The fourth-order valence-corrected chi connectivity index (χ4v) is 2.84. The highest BCUT2D eigenvalue weighted by Crippen LogP contribution is 2.06. The maximum atomic E-state index is 12.3. The van der Waals surface area contributed by atoms with Crippen LogP contribution in [-0.4, -0.2) is 50.1 Å². The van der Waals surface area contributed by atoms with Gasteiger partial charge in [0.2, 0.25) is 0 Å². The molecule has 0 aromatic heterocycles. The summed E-state index contributed by atoms with van der Waals surface area (Å²) in [4.78, 5) is 48.8. The first-order valence-electron chi connectivity index (χ1n) is 9.98. The van der Waals surface area contributed by atoms with E-state index in [-0.39, 0.29) is 12.8 Å². The summed E-state index contributed by atoms with van der Waals surface area (Å²) >= 11 is 0. The molecule has 2 atom stereocenters. The Morgan fingerprint density at radius 3 is 1.34 bits per heavy atom. The molecule has 0 saturated heterocycles. The third kappa shape index (κ3) is 7.39. The summed E-state index contributed by atoms with van der Waals surface area (Å²) in [5, 5.41) is 5.27. The van der Waals surface area contributed by atoms with Crippen LogP contribution in [0.4, 0.5) is 0 Å². The summed E-state index contributed by atoms with van der Waals surface area (Å²) in [5.74, 6) is -2.00. The van der Waals surface area contributed by atoms with Gasteiger partial charge in [-0.1, -0.05) is 48.6 Å². The van der Waals surface area contributed by atoms with E-state index in [1.54, 1.807) is 72.8 Å². The number of benzene rings is 2. The van der Waals surface area contributed by atoms with Gasteiger partial charge >= 0.3 is 11.9 Å². The van der Waals surface area contributed by atoms with Gasteiger partial charge in [0.05, 0.1) is 14.2 Å². The number of hydrogen-bond donors (Lipinski definition) is 2. The Kier molecular flexibility index (Phi) is 9.65. The van der Waals surface area contributed by atoms with Crippen LogP contribution in [0.2, 0.25) is 0 Å². The Bertz CT molecular complexity index is 866. The monoisotopic (exact) mass is 438 g/mol. The summed E-state index contributed by atoms with van der Waals surface area (Å²) < 4.78 is 9.53. The van der Waals surface area contributed by atoms with Crippen LogP contribution >= 0.6 is 0 Å². The summed E-state index contributed by atoms with van der Waals surface area (Å²) in [6, 6.07) is 15.2. The molecule has 2 amide bonds. The molecule has 8 heteroatoms. The van der Waals surface area contributed by atoms with Crippen molar-refractivity contribution in [2.45, 2.75) is 24.9 Å². The average Bonchev–Trinajstić information content (AvgIpc) is 2.84. The van der Waals surface area contributed by atoms with Gasteiger partial charge in [-0.05, 0) is 37.1 Å². The maximum Gasteiger partial charge on any atom is 0.328 e. The topological polar surface area (TPSA) is 111 Å². The predicted molar refractivity (Wildman–Crippen MR) is 118 cm³/mol. The number of hydrogen-bond acceptors (Lipinski definition) is 6. The van der Waals surface area contributed by atoms with Crippen LogP contribution in [0.1, 0.15) is 33.6 Å². The van der Waals surface area contributed by atoms with E-state index in [4.69, 9.17) is 9.47 Å². The smallest absolute Gasteiger partial charge is 0.328 e. The molecular weight excluding hydrogens is 412 g/mol. The van der Waals surface area contributed by atoms with Crippen molar-refractivity contribution in [3.05, 3.63) is 83.9 Å². The lowest BCUT2D eigenvalue weighted by Gasteiger charge is -2.16. The second kappa shape index (κ2) is 12.7. The van der Waals surface area contributed by atoms with Crippen molar-refractivity contribution in [3.8, 4) is 0 Å². The van der Waals surface area contributed by atoms with Gasteiger partial charge < -0.3 is 20.1 Å². The van der Waals surface area contributed by atoms with E-state index < -0.39 is 35.8 Å². The number of ether oxygens (including phenoxy) is 2. The highest BCUT2D eigenvalue weighted by Gasteiger charge is 2.22. The van der Waals surface area contributed by atoms with E-state index in [0.717, 1.165) is 0 Å². The zero-order valence-electron chi connectivity index (χ0n) is 17.9. The lowest BCUT2D eigenvalue weighted by atomic mass is 10.1. The number of rotatable bonds is 10. The van der Waals surface area contributed by atoms with Gasteiger partial charge in [0.1, 0.15) is 12.1 Å². The van der Waals surface area contributed by atoms with Gasteiger partial charge in [0, 0.05) is 11.1 Å². The van der Waals surface area contributed by atoms with Crippen LogP contribution in [0.25, 0.3) is 0 Å². The van der Waals surface area contributed by atoms with Crippen molar-refractivity contribution < 1.29 is 28.7 Å². The number of esters is 2. The molecule has 0 bridgehead atoms. The Balaban J connectivity index is 1.99. The van der Waals surface area contributed by atoms with Crippen molar-refractivity contribution in [2.24, 2.45) is 0 Å². The van der Waals surface area contributed by atoms with Gasteiger partial charge in [0.15, 0.2) is 0 Å². The molecule has 0 fully saturated rings. The van der Waals surface area contributed by atoms with Crippen molar-refractivity contribution in [1.29, 1.82) is 0 Å². The molecule has 8 nitrogen and oxygen atoms in total. The summed E-state index contributed by atoms with van der Waals surface area (Å²) in [6.07, 6.45) is 3.56. The minimum Gasteiger partial charge on any atom is -0.467 e. The fourth-order valence-electron chi connectivity index (χ4n) is 2.84. The van der Waals surface area contributed by atoms with Gasteiger partial charge in [0.25, 0.3) is 11.8 Å². The molecule has 168 valence electrons. The first-order chi connectivity index (χ1) is 15.5. The first-order valence-corrected chi connectivity index (χ1v) is 9.98. The zero-order valence-corrected chi connectivity index (χ0v) is 17.9. The molecule has 0 aliphatic rings. The van der Waals surface area contributed by atoms with Crippen molar-refractivity contribution >= 4 is 23.8 Å². The zero-order chi connectivity index (χ0) is 23.3. The van der Waals surface area contributed by atoms with E-state index in [9.17, 15) is 19.2 Å². The van der Waals surface area contributed by atoms with Crippen molar-refractivity contribution in [2.75, 3.05) is 14.2 Å². The normalized spacial score (nSPS) is 12.4. The number of carbonyl (C=O) groups is 4. The van der Waals surface area contributed by atoms with Crippen molar-refractivity contribution in [3.63, 3.8) is 0 Å². The predicted octanol–water partition coefficient (Wildman–Crippen LogP) is 2.27. The van der Waals surface area contributed by atoms with E-state index in [0.29, 0.717) is 11.1 Å². The summed E-state index contributed by atoms with van der Waals surface area (Å²) in [6.45, 7) is 0. The molecule has 0 aliphatic heterocycles. The second-order valence-electron chi connectivity index (χ2n) is 6.77. The molecule has 2 rings (SSSR count). The number of carbonyl (C=O) groups excluding carboxylic acids is 4. The quantitative estimate of drug-likeness (QED) is 0.435. The van der Waals surface area contributed by atoms with Gasteiger partial charge in [-0.3, -0.25) is 9.59 Å². The molecular formula is C24H26N2O6. The Hall–Kier alpha value is -3.94. The van der Waals surface area contributed by atoms with Crippen LogP contribution in [0, 0.1) is 0 Å². The van der Waals surface area contributed by atoms with Crippen LogP contribution in [-0.2, 0) is 19.1 Å². The van der Waals surface area contributed by atoms with E-state index in [1.807, 2.05) is 0 Å². The fraction of sp³-hybridized carbons (Fsp3) is 0.250. The van der Waals surface area contributed by atoms with Gasteiger partial charge in [-0.2, -0.15) is 0 Å². The van der Waals surface area contributed by atoms with E-state index in [1.165, 1.54) is 14.2 Å². The third-order valence-corrected chi connectivity index (χ3v) is 4.56.